The number of guanidine groups is 1. The average molecular weight is 623 g/mol. The summed E-state index contributed by atoms with van der Waals surface area (Å²) in [5.74, 6) is -5.72. The Balaban J connectivity index is 0.000000676. The second-order valence-electron chi connectivity index (χ2n) is 10.0. The summed E-state index contributed by atoms with van der Waals surface area (Å²) in [5.41, 5.74) is 11.4. The van der Waals surface area contributed by atoms with Gasteiger partial charge in [-0.2, -0.15) is 13.2 Å². The minimum Gasteiger partial charge on any atom is -0.481 e. The normalized spacial score (nSPS) is 18.1. The molecule has 7 N–H and O–H groups in total. The molecule has 1 atom stereocenters. The maximum atomic E-state index is 12.8. The largest absolute Gasteiger partial charge is 0.490 e. The maximum absolute atomic E-state index is 12.8. The number of hydrogen-bond acceptors (Lipinski definition) is 8. The Morgan fingerprint density at radius 2 is 1.61 bits per heavy atom. The summed E-state index contributed by atoms with van der Waals surface area (Å²) < 4.78 is 37.3. The predicted octanol–water partition coefficient (Wildman–Crippen LogP) is 3.91. The lowest BCUT2D eigenvalue weighted by atomic mass is 9.80. The van der Waals surface area contributed by atoms with Gasteiger partial charge in [0.2, 0.25) is 5.60 Å². The van der Waals surface area contributed by atoms with Crippen LogP contribution in [-0.4, -0.2) is 62.6 Å². The molecule has 1 aliphatic carbocycles. The molecule has 1 aliphatic heterocycles. The van der Waals surface area contributed by atoms with Crippen molar-refractivity contribution in [3.05, 3.63) is 59.2 Å². The van der Waals surface area contributed by atoms with Crippen LogP contribution in [0.5, 0.6) is 5.75 Å². The zero-order valence-electron chi connectivity index (χ0n) is 23.0. The first-order chi connectivity index (χ1) is 20.6. The number of alkyl halides is 3. The molecule has 0 bridgehead atoms. The number of carboxylic acids is 3. The highest BCUT2D eigenvalue weighted by atomic mass is 19.4. The standard InChI is InChI=1S/C26H28N4O7.C2HF3O2/c27-25(28)29-17-8-6-16(7-9-17)23(33)36-18-10-11-19(15-4-2-1-3-5-15)20(12-18)21-13-26(24(34)35,37-30-21)14-22(31)32;3-2(4,5)1(6)7/h6-12,15H,1-5,13-14H2,(H,31,32)(H,34,35)(H4,27,28,29);(H,6,7). The molecule has 0 radical (unpaired) electrons. The van der Waals surface area contributed by atoms with Crippen molar-refractivity contribution in [2.24, 2.45) is 21.6 Å². The minimum atomic E-state index is -5.08. The molecule has 1 fully saturated rings. The third kappa shape index (κ3) is 8.68. The van der Waals surface area contributed by atoms with Gasteiger partial charge in [0.25, 0.3) is 0 Å². The second-order valence-corrected chi connectivity index (χ2v) is 10.0. The minimum absolute atomic E-state index is 0.102. The maximum Gasteiger partial charge on any atom is 0.490 e. The monoisotopic (exact) mass is 622 g/mol. The molecule has 1 unspecified atom stereocenters. The van der Waals surface area contributed by atoms with Gasteiger partial charge in [0.05, 0.1) is 23.4 Å². The first kappa shape index (κ1) is 33.4. The van der Waals surface area contributed by atoms with Gasteiger partial charge in [0.15, 0.2) is 5.96 Å². The Bertz CT molecular complexity index is 1470. The molecule has 44 heavy (non-hydrogen) atoms. The zero-order valence-corrected chi connectivity index (χ0v) is 23.0. The third-order valence-electron chi connectivity index (χ3n) is 6.81. The molecule has 0 aromatic heterocycles. The molecule has 2 aromatic rings. The number of aliphatic imine (C=N–C) groups is 1. The Morgan fingerprint density at radius 1 is 1.00 bits per heavy atom. The number of benzene rings is 2. The number of carboxylic acid groups (broad SMARTS) is 3. The second kappa shape index (κ2) is 13.9. The van der Waals surface area contributed by atoms with Crippen LogP contribution in [0.25, 0.3) is 0 Å². The summed E-state index contributed by atoms with van der Waals surface area (Å²) in [5, 5.41) is 30.1. The first-order valence-electron chi connectivity index (χ1n) is 13.2. The molecule has 16 heteroatoms. The van der Waals surface area contributed by atoms with E-state index >= 15 is 0 Å². The number of hydrogen-bond donors (Lipinski definition) is 5. The van der Waals surface area contributed by atoms with E-state index in [0.717, 1.165) is 37.7 Å². The van der Waals surface area contributed by atoms with E-state index in [2.05, 4.69) is 10.1 Å². The fraction of sp³-hybridized carbons (Fsp3) is 0.357. The van der Waals surface area contributed by atoms with E-state index in [1.54, 1.807) is 24.3 Å². The number of carbonyl (C=O) groups excluding carboxylic acids is 1. The number of ether oxygens (including phenoxy) is 1. The van der Waals surface area contributed by atoms with Crippen molar-refractivity contribution in [2.75, 3.05) is 0 Å². The summed E-state index contributed by atoms with van der Waals surface area (Å²) in [6.45, 7) is 0. The van der Waals surface area contributed by atoms with Gasteiger partial charge in [-0.05, 0) is 60.7 Å². The highest BCUT2D eigenvalue weighted by molar-refractivity contribution is 6.06. The number of esters is 1. The Hall–Kier alpha value is -5.15. The van der Waals surface area contributed by atoms with Gasteiger partial charge in [0.1, 0.15) is 5.75 Å². The van der Waals surface area contributed by atoms with E-state index < -0.39 is 42.1 Å². The van der Waals surface area contributed by atoms with Crippen molar-refractivity contribution in [2.45, 2.75) is 62.6 Å². The molecular formula is C28H29F3N4O9. The van der Waals surface area contributed by atoms with Crippen molar-refractivity contribution in [3.63, 3.8) is 0 Å². The van der Waals surface area contributed by atoms with Crippen LogP contribution in [0.15, 0.2) is 52.6 Å². The number of halogens is 3. The molecule has 4 rings (SSSR count). The number of carbonyl (C=O) groups is 4. The number of rotatable bonds is 8. The lowest BCUT2D eigenvalue weighted by Gasteiger charge is -2.25. The van der Waals surface area contributed by atoms with E-state index in [1.165, 1.54) is 12.1 Å². The summed E-state index contributed by atoms with van der Waals surface area (Å²) in [6.07, 6.45) is -0.844. The summed E-state index contributed by atoms with van der Waals surface area (Å²) in [6, 6.07) is 11.4. The Labute approximate surface area is 247 Å². The van der Waals surface area contributed by atoms with E-state index in [9.17, 15) is 37.8 Å². The van der Waals surface area contributed by atoms with Crippen molar-refractivity contribution in [1.29, 1.82) is 0 Å². The van der Waals surface area contributed by atoms with Gasteiger partial charge in [-0.15, -0.1) is 0 Å². The van der Waals surface area contributed by atoms with Crippen LogP contribution >= 0.6 is 0 Å². The summed E-state index contributed by atoms with van der Waals surface area (Å²) >= 11 is 0. The molecular weight excluding hydrogens is 593 g/mol. The number of oxime groups is 1. The van der Waals surface area contributed by atoms with Gasteiger partial charge >= 0.3 is 30.1 Å². The van der Waals surface area contributed by atoms with E-state index in [1.807, 2.05) is 6.07 Å². The zero-order chi connectivity index (χ0) is 32.7. The first-order valence-corrected chi connectivity index (χ1v) is 13.2. The molecule has 2 aliphatic rings. The van der Waals surface area contributed by atoms with Crippen molar-refractivity contribution in [3.8, 4) is 5.75 Å². The van der Waals surface area contributed by atoms with Crippen LogP contribution in [0, 0.1) is 0 Å². The predicted molar refractivity (Wildman–Crippen MR) is 148 cm³/mol. The van der Waals surface area contributed by atoms with Gasteiger partial charge in [-0.3, -0.25) is 4.79 Å². The molecule has 1 saturated carbocycles. The fourth-order valence-electron chi connectivity index (χ4n) is 4.76. The molecule has 0 saturated heterocycles. The average Bonchev–Trinajstić information content (AvgIpc) is 3.38. The van der Waals surface area contributed by atoms with Gasteiger partial charge in [0, 0.05) is 12.0 Å². The van der Waals surface area contributed by atoms with Crippen LogP contribution in [0.3, 0.4) is 0 Å². The lowest BCUT2D eigenvalue weighted by Crippen LogP contribution is -2.41. The van der Waals surface area contributed by atoms with Crippen LogP contribution < -0.4 is 16.2 Å². The fourth-order valence-corrected chi connectivity index (χ4v) is 4.76. The smallest absolute Gasteiger partial charge is 0.481 e. The van der Waals surface area contributed by atoms with Crippen molar-refractivity contribution >= 4 is 41.2 Å². The highest BCUT2D eigenvalue weighted by Gasteiger charge is 2.49. The highest BCUT2D eigenvalue weighted by Crippen LogP contribution is 2.39. The van der Waals surface area contributed by atoms with Crippen LogP contribution in [0.2, 0.25) is 0 Å². The molecule has 236 valence electrons. The quantitative estimate of drug-likeness (QED) is 0.123. The van der Waals surface area contributed by atoms with Gasteiger partial charge in [-0.1, -0.05) is 30.5 Å². The number of nitrogens with two attached hydrogens (primary N) is 2. The molecule has 0 amide bonds. The molecule has 2 aromatic carbocycles. The van der Waals surface area contributed by atoms with Crippen LogP contribution in [0.4, 0.5) is 18.9 Å². The molecule has 1 heterocycles. The van der Waals surface area contributed by atoms with Crippen molar-refractivity contribution < 1.29 is 57.2 Å². The van der Waals surface area contributed by atoms with E-state index in [4.69, 9.17) is 30.9 Å². The number of nitrogens with zero attached hydrogens (tertiary/aromatic N) is 2. The summed E-state index contributed by atoms with van der Waals surface area (Å²) in [4.78, 5) is 54.1. The lowest BCUT2D eigenvalue weighted by molar-refractivity contribution is -0.192. The molecule has 13 nitrogen and oxygen atoms in total. The topological polar surface area (TPSA) is 224 Å². The molecule has 0 spiro atoms. The van der Waals surface area contributed by atoms with Crippen molar-refractivity contribution in [1.82, 2.24) is 0 Å². The number of aliphatic carboxylic acids is 3. The van der Waals surface area contributed by atoms with Crippen LogP contribution in [-0.2, 0) is 19.2 Å². The van der Waals surface area contributed by atoms with Gasteiger partial charge in [-0.25, -0.2) is 19.4 Å². The summed E-state index contributed by atoms with van der Waals surface area (Å²) in [7, 11) is 0. The third-order valence-corrected chi connectivity index (χ3v) is 6.81. The Morgan fingerprint density at radius 3 is 2.14 bits per heavy atom. The Kier molecular flexibility index (Phi) is 10.5. The van der Waals surface area contributed by atoms with Gasteiger partial charge < -0.3 is 36.4 Å². The van der Waals surface area contributed by atoms with Crippen LogP contribution in [0.1, 0.15) is 72.3 Å². The van der Waals surface area contributed by atoms with E-state index in [0.29, 0.717) is 17.0 Å². The SMILES string of the molecule is NC(N)=Nc1ccc(C(=O)Oc2ccc(C3CCCCC3)c(C3=NOC(CC(=O)O)(C(=O)O)C3)c2)cc1.O=C(O)C(F)(F)F. The van der Waals surface area contributed by atoms with E-state index in [-0.39, 0.29) is 29.6 Å².